The minimum absolute atomic E-state index is 0.171. The van der Waals surface area contributed by atoms with Crippen molar-refractivity contribution in [3.8, 4) is 0 Å². The SMILES string of the molecule is CCCNC(=O)CN1CCCCC1CNC. The topological polar surface area (TPSA) is 44.4 Å². The fraction of sp³-hybridized carbons (Fsp3) is 0.917. The molecule has 0 bridgehead atoms. The maximum absolute atomic E-state index is 11.6. The molecule has 0 radical (unpaired) electrons. The number of hydrogen-bond acceptors (Lipinski definition) is 3. The molecule has 0 spiro atoms. The summed E-state index contributed by atoms with van der Waals surface area (Å²) in [7, 11) is 1.98. The molecule has 1 atom stereocenters. The molecule has 1 unspecified atom stereocenters. The van der Waals surface area contributed by atoms with Crippen molar-refractivity contribution in [1.29, 1.82) is 0 Å². The highest BCUT2D eigenvalue weighted by Gasteiger charge is 2.23. The van der Waals surface area contributed by atoms with Gasteiger partial charge in [0.1, 0.15) is 0 Å². The van der Waals surface area contributed by atoms with Crippen molar-refractivity contribution in [2.45, 2.75) is 38.6 Å². The van der Waals surface area contributed by atoms with Crippen LogP contribution in [-0.4, -0.2) is 50.1 Å². The molecule has 94 valence electrons. The zero-order valence-corrected chi connectivity index (χ0v) is 10.6. The molecule has 1 amide bonds. The Morgan fingerprint density at radius 1 is 1.44 bits per heavy atom. The number of carbonyl (C=O) groups excluding carboxylic acids is 1. The summed E-state index contributed by atoms with van der Waals surface area (Å²) < 4.78 is 0. The standard InChI is InChI=1S/C12H25N3O/c1-3-7-14-12(16)10-15-8-5-4-6-11(15)9-13-2/h11,13H,3-10H2,1-2H3,(H,14,16). The first-order valence-corrected chi connectivity index (χ1v) is 6.43. The molecule has 0 aromatic heterocycles. The second-order valence-electron chi connectivity index (χ2n) is 4.53. The first-order valence-electron chi connectivity index (χ1n) is 6.43. The Bertz CT molecular complexity index is 206. The Labute approximate surface area is 98.8 Å². The Morgan fingerprint density at radius 2 is 2.25 bits per heavy atom. The molecular formula is C12H25N3O. The van der Waals surface area contributed by atoms with E-state index in [2.05, 4.69) is 22.5 Å². The monoisotopic (exact) mass is 227 g/mol. The number of rotatable bonds is 6. The van der Waals surface area contributed by atoms with Crippen LogP contribution in [0.3, 0.4) is 0 Å². The molecule has 4 nitrogen and oxygen atoms in total. The first kappa shape index (κ1) is 13.5. The normalized spacial score (nSPS) is 22.0. The van der Waals surface area contributed by atoms with Gasteiger partial charge in [0.05, 0.1) is 6.54 Å². The van der Waals surface area contributed by atoms with Crippen molar-refractivity contribution in [1.82, 2.24) is 15.5 Å². The predicted octanol–water partition coefficient (Wildman–Crippen LogP) is 0.587. The van der Waals surface area contributed by atoms with Crippen molar-refractivity contribution < 1.29 is 4.79 Å². The third-order valence-electron chi connectivity index (χ3n) is 3.11. The zero-order valence-electron chi connectivity index (χ0n) is 10.6. The summed E-state index contributed by atoms with van der Waals surface area (Å²) in [5, 5.41) is 6.15. The van der Waals surface area contributed by atoms with E-state index in [1.54, 1.807) is 0 Å². The number of nitrogens with one attached hydrogen (secondary N) is 2. The fourth-order valence-corrected chi connectivity index (χ4v) is 2.24. The maximum atomic E-state index is 11.6. The van der Waals surface area contributed by atoms with E-state index in [1.807, 2.05) is 7.05 Å². The summed E-state index contributed by atoms with van der Waals surface area (Å²) in [5.41, 5.74) is 0. The third kappa shape index (κ3) is 4.49. The van der Waals surface area contributed by atoms with Gasteiger partial charge in [0, 0.05) is 19.1 Å². The van der Waals surface area contributed by atoms with Gasteiger partial charge in [-0.2, -0.15) is 0 Å². The number of likely N-dealkylation sites (tertiary alicyclic amines) is 1. The van der Waals surface area contributed by atoms with Crippen LogP contribution in [0.5, 0.6) is 0 Å². The summed E-state index contributed by atoms with van der Waals surface area (Å²) in [6.45, 7) is 5.48. The zero-order chi connectivity index (χ0) is 11.8. The maximum Gasteiger partial charge on any atom is 0.234 e. The Balaban J connectivity index is 2.33. The van der Waals surface area contributed by atoms with E-state index in [-0.39, 0.29) is 5.91 Å². The number of hydrogen-bond donors (Lipinski definition) is 2. The summed E-state index contributed by atoms with van der Waals surface area (Å²) in [4.78, 5) is 14.0. The lowest BCUT2D eigenvalue weighted by molar-refractivity contribution is -0.123. The quantitative estimate of drug-likeness (QED) is 0.698. The van der Waals surface area contributed by atoms with Crippen molar-refractivity contribution in [3.63, 3.8) is 0 Å². The van der Waals surface area contributed by atoms with Gasteiger partial charge in [0.2, 0.25) is 5.91 Å². The average molecular weight is 227 g/mol. The van der Waals surface area contributed by atoms with E-state index in [1.165, 1.54) is 19.3 Å². The predicted molar refractivity (Wildman–Crippen MR) is 66.4 cm³/mol. The average Bonchev–Trinajstić information content (AvgIpc) is 2.29. The summed E-state index contributed by atoms with van der Waals surface area (Å²) in [6.07, 6.45) is 4.73. The van der Waals surface area contributed by atoms with E-state index in [9.17, 15) is 4.79 Å². The molecule has 1 saturated heterocycles. The molecule has 1 rings (SSSR count). The molecule has 0 aromatic rings. The molecule has 4 heteroatoms. The second kappa shape index (κ2) is 7.63. The van der Waals surface area contributed by atoms with Crippen LogP contribution in [-0.2, 0) is 4.79 Å². The van der Waals surface area contributed by atoms with Crippen LogP contribution in [0.15, 0.2) is 0 Å². The highest BCUT2D eigenvalue weighted by atomic mass is 16.2. The number of likely N-dealkylation sites (N-methyl/N-ethyl adjacent to an activating group) is 1. The molecule has 1 aliphatic heterocycles. The lowest BCUT2D eigenvalue weighted by Crippen LogP contribution is -2.49. The van der Waals surface area contributed by atoms with Gasteiger partial charge in [-0.05, 0) is 32.9 Å². The molecule has 1 fully saturated rings. The fourth-order valence-electron chi connectivity index (χ4n) is 2.24. The van der Waals surface area contributed by atoms with Gasteiger partial charge in [-0.3, -0.25) is 9.69 Å². The van der Waals surface area contributed by atoms with Gasteiger partial charge in [0.25, 0.3) is 0 Å². The number of nitrogens with zero attached hydrogens (tertiary/aromatic N) is 1. The molecule has 0 aliphatic carbocycles. The molecule has 1 heterocycles. The van der Waals surface area contributed by atoms with E-state index < -0.39 is 0 Å². The van der Waals surface area contributed by atoms with Crippen LogP contribution >= 0.6 is 0 Å². The molecule has 1 aliphatic rings. The van der Waals surface area contributed by atoms with Crippen LogP contribution in [0.2, 0.25) is 0 Å². The Hall–Kier alpha value is -0.610. The highest BCUT2D eigenvalue weighted by molar-refractivity contribution is 5.78. The molecule has 0 aromatic carbocycles. The van der Waals surface area contributed by atoms with E-state index in [4.69, 9.17) is 0 Å². The van der Waals surface area contributed by atoms with Crippen LogP contribution in [0.25, 0.3) is 0 Å². The molecule has 16 heavy (non-hydrogen) atoms. The van der Waals surface area contributed by atoms with E-state index >= 15 is 0 Å². The van der Waals surface area contributed by atoms with Crippen LogP contribution in [0.1, 0.15) is 32.6 Å². The van der Waals surface area contributed by atoms with E-state index in [0.717, 1.165) is 26.1 Å². The number of amides is 1. The summed E-state index contributed by atoms with van der Waals surface area (Å²) in [6, 6.07) is 0.533. The first-order chi connectivity index (χ1) is 7.77. The smallest absolute Gasteiger partial charge is 0.234 e. The van der Waals surface area contributed by atoms with Gasteiger partial charge >= 0.3 is 0 Å². The minimum Gasteiger partial charge on any atom is -0.355 e. The minimum atomic E-state index is 0.171. The van der Waals surface area contributed by atoms with E-state index in [0.29, 0.717) is 12.6 Å². The number of piperidine rings is 1. The van der Waals surface area contributed by atoms with Gasteiger partial charge in [0.15, 0.2) is 0 Å². The van der Waals surface area contributed by atoms with Gasteiger partial charge in [-0.1, -0.05) is 13.3 Å². The third-order valence-corrected chi connectivity index (χ3v) is 3.11. The molecule has 2 N–H and O–H groups in total. The Kier molecular flexibility index (Phi) is 6.42. The van der Waals surface area contributed by atoms with Crippen LogP contribution in [0.4, 0.5) is 0 Å². The summed E-state index contributed by atoms with van der Waals surface area (Å²) in [5.74, 6) is 0.171. The highest BCUT2D eigenvalue weighted by Crippen LogP contribution is 2.15. The summed E-state index contributed by atoms with van der Waals surface area (Å²) >= 11 is 0. The van der Waals surface area contributed by atoms with Crippen molar-refractivity contribution >= 4 is 5.91 Å². The Morgan fingerprint density at radius 3 is 2.94 bits per heavy atom. The van der Waals surface area contributed by atoms with Crippen molar-refractivity contribution in [3.05, 3.63) is 0 Å². The molecular weight excluding hydrogens is 202 g/mol. The van der Waals surface area contributed by atoms with Gasteiger partial charge in [-0.25, -0.2) is 0 Å². The van der Waals surface area contributed by atoms with Gasteiger partial charge < -0.3 is 10.6 Å². The van der Waals surface area contributed by atoms with Gasteiger partial charge in [-0.15, -0.1) is 0 Å². The second-order valence-corrected chi connectivity index (χ2v) is 4.53. The lowest BCUT2D eigenvalue weighted by atomic mass is 10.0. The number of carbonyl (C=O) groups is 1. The van der Waals surface area contributed by atoms with Crippen molar-refractivity contribution in [2.24, 2.45) is 0 Å². The van der Waals surface area contributed by atoms with Crippen LogP contribution < -0.4 is 10.6 Å². The van der Waals surface area contributed by atoms with Crippen molar-refractivity contribution in [2.75, 3.05) is 33.2 Å². The largest absolute Gasteiger partial charge is 0.355 e. The lowest BCUT2D eigenvalue weighted by Gasteiger charge is -2.35. The molecule has 0 saturated carbocycles. The van der Waals surface area contributed by atoms with Crippen LogP contribution in [0, 0.1) is 0 Å².